The van der Waals surface area contributed by atoms with Crippen molar-refractivity contribution in [1.82, 2.24) is 4.90 Å². The summed E-state index contributed by atoms with van der Waals surface area (Å²) in [6, 6.07) is 0. The largest absolute Gasteiger partial charge is 0.301 e. The molecule has 1 heteroatoms. The smallest absolute Gasteiger partial charge is 0.0201 e. The van der Waals surface area contributed by atoms with Gasteiger partial charge in [0.1, 0.15) is 0 Å². The third-order valence-corrected chi connectivity index (χ3v) is 4.51. The van der Waals surface area contributed by atoms with Crippen LogP contribution < -0.4 is 0 Å². The minimum atomic E-state index is 0.511. The molecule has 1 nitrogen and oxygen atoms in total. The summed E-state index contributed by atoms with van der Waals surface area (Å²) in [5.74, 6) is 0. The third-order valence-electron chi connectivity index (χ3n) is 4.51. The molecule has 0 spiro atoms. The van der Waals surface area contributed by atoms with Crippen LogP contribution in [0, 0.1) is 0 Å². The zero-order valence-electron chi connectivity index (χ0n) is 11.0. The maximum Gasteiger partial charge on any atom is 0.0201 e. The summed E-state index contributed by atoms with van der Waals surface area (Å²) in [5.41, 5.74) is 0.511. The predicted molar refractivity (Wildman–Crippen MR) is 68.3 cm³/mol. The molecule has 1 heterocycles. The Morgan fingerprint density at radius 1 is 0.867 bits per heavy atom. The zero-order valence-corrected chi connectivity index (χ0v) is 11.0. The van der Waals surface area contributed by atoms with Crippen molar-refractivity contribution in [2.45, 2.75) is 77.2 Å². The molecule has 1 aliphatic heterocycles. The molecule has 0 amide bonds. The van der Waals surface area contributed by atoms with E-state index in [9.17, 15) is 0 Å². The van der Waals surface area contributed by atoms with Crippen LogP contribution in [0.3, 0.4) is 0 Å². The summed E-state index contributed by atoms with van der Waals surface area (Å²) in [6.07, 6.45) is 12.7. The topological polar surface area (TPSA) is 3.24 Å². The van der Waals surface area contributed by atoms with Crippen molar-refractivity contribution in [3.8, 4) is 0 Å². The van der Waals surface area contributed by atoms with Crippen LogP contribution in [0.15, 0.2) is 0 Å². The molecule has 90 valence electrons. The molecule has 0 saturated carbocycles. The van der Waals surface area contributed by atoms with Crippen molar-refractivity contribution in [1.29, 1.82) is 0 Å². The predicted octanol–water partition coefficient (Wildman–Crippen LogP) is 4.22. The highest BCUT2D eigenvalue weighted by atomic mass is 15.2. The van der Waals surface area contributed by atoms with Gasteiger partial charge in [0.2, 0.25) is 0 Å². The first-order chi connectivity index (χ1) is 7.25. The van der Waals surface area contributed by atoms with Gasteiger partial charge in [-0.25, -0.2) is 0 Å². The lowest BCUT2D eigenvalue weighted by molar-refractivity contribution is 0.0898. The lowest BCUT2D eigenvalue weighted by atomic mass is 9.84. The van der Waals surface area contributed by atoms with Gasteiger partial charge in [-0.15, -0.1) is 0 Å². The van der Waals surface area contributed by atoms with E-state index in [1.54, 1.807) is 0 Å². The summed E-state index contributed by atoms with van der Waals surface area (Å²) in [5, 5.41) is 0. The summed E-state index contributed by atoms with van der Waals surface area (Å²) in [7, 11) is 2.34. The molecule has 0 aromatic rings. The first-order valence-corrected chi connectivity index (χ1v) is 6.96. The van der Waals surface area contributed by atoms with Crippen LogP contribution in [0.1, 0.15) is 71.6 Å². The van der Waals surface area contributed by atoms with Crippen LogP contribution in [0.2, 0.25) is 0 Å². The van der Waals surface area contributed by atoms with Crippen molar-refractivity contribution in [3.05, 3.63) is 0 Å². The van der Waals surface area contributed by atoms with E-state index in [0.29, 0.717) is 5.54 Å². The maximum atomic E-state index is 2.65. The van der Waals surface area contributed by atoms with Crippen molar-refractivity contribution in [3.63, 3.8) is 0 Å². The molecule has 0 bridgehead atoms. The van der Waals surface area contributed by atoms with Crippen LogP contribution in [0.5, 0.6) is 0 Å². The minimum absolute atomic E-state index is 0.511. The fourth-order valence-electron chi connectivity index (χ4n) is 3.08. The van der Waals surface area contributed by atoms with E-state index in [1.165, 1.54) is 64.3 Å². The second kappa shape index (κ2) is 6.52. The van der Waals surface area contributed by atoms with Crippen molar-refractivity contribution in [2.75, 3.05) is 13.6 Å². The van der Waals surface area contributed by atoms with Crippen LogP contribution in [0.4, 0.5) is 0 Å². The molecule has 15 heavy (non-hydrogen) atoms. The number of nitrogens with zero attached hydrogens (tertiary/aromatic N) is 1. The molecule has 1 saturated heterocycles. The van der Waals surface area contributed by atoms with Gasteiger partial charge in [-0.2, -0.15) is 0 Å². The molecule has 1 rings (SSSR count). The van der Waals surface area contributed by atoms with Gasteiger partial charge in [-0.05, 0) is 39.3 Å². The average molecular weight is 211 g/mol. The Bertz CT molecular complexity index is 161. The molecule has 0 atom stereocenters. The average Bonchev–Trinajstić information content (AvgIpc) is 2.28. The normalized spacial score (nSPS) is 25.0. The second-order valence-corrected chi connectivity index (χ2v) is 5.22. The van der Waals surface area contributed by atoms with Gasteiger partial charge in [0.15, 0.2) is 0 Å². The highest BCUT2D eigenvalue weighted by molar-refractivity contribution is 4.86. The van der Waals surface area contributed by atoms with Crippen molar-refractivity contribution in [2.24, 2.45) is 0 Å². The van der Waals surface area contributed by atoms with Gasteiger partial charge < -0.3 is 4.90 Å². The SMILES string of the molecule is CCC1(CC)CCCCCCCCN1C. The fourth-order valence-corrected chi connectivity index (χ4v) is 3.08. The minimum Gasteiger partial charge on any atom is -0.301 e. The molecule has 1 aliphatic rings. The van der Waals surface area contributed by atoms with E-state index in [1.807, 2.05) is 0 Å². The Morgan fingerprint density at radius 2 is 1.40 bits per heavy atom. The summed E-state index contributed by atoms with van der Waals surface area (Å²) < 4.78 is 0. The summed E-state index contributed by atoms with van der Waals surface area (Å²) in [4.78, 5) is 2.65. The molecule has 0 radical (unpaired) electrons. The first kappa shape index (κ1) is 13.0. The van der Waals surface area contributed by atoms with E-state index < -0.39 is 0 Å². The number of hydrogen-bond donors (Lipinski definition) is 0. The van der Waals surface area contributed by atoms with E-state index in [2.05, 4.69) is 25.8 Å². The van der Waals surface area contributed by atoms with Gasteiger partial charge in [0.05, 0.1) is 0 Å². The summed E-state index contributed by atoms with van der Waals surface area (Å²) in [6.45, 7) is 6.04. The van der Waals surface area contributed by atoms with E-state index in [4.69, 9.17) is 0 Å². The lowest BCUT2D eigenvalue weighted by Crippen LogP contribution is -2.46. The Kier molecular flexibility index (Phi) is 5.66. The molecule has 0 aromatic heterocycles. The summed E-state index contributed by atoms with van der Waals surface area (Å²) >= 11 is 0. The molecule has 0 N–H and O–H groups in total. The second-order valence-electron chi connectivity index (χ2n) is 5.22. The Labute approximate surface area is 96.2 Å². The van der Waals surface area contributed by atoms with Gasteiger partial charge in [-0.1, -0.05) is 46.0 Å². The molecular formula is C14H29N. The van der Waals surface area contributed by atoms with Crippen molar-refractivity contribution < 1.29 is 0 Å². The molecule has 1 fully saturated rings. The highest BCUT2D eigenvalue weighted by Gasteiger charge is 2.29. The molecule has 0 aliphatic carbocycles. The van der Waals surface area contributed by atoms with Gasteiger partial charge in [0, 0.05) is 5.54 Å². The monoisotopic (exact) mass is 211 g/mol. The third kappa shape index (κ3) is 3.48. The molecular weight excluding hydrogens is 182 g/mol. The Morgan fingerprint density at radius 3 is 2.00 bits per heavy atom. The quantitative estimate of drug-likeness (QED) is 0.661. The fraction of sp³-hybridized carbons (Fsp3) is 1.00. The standard InChI is InChI=1S/C14H29N/c1-4-14(5-2)12-10-8-6-7-9-11-13-15(14)3/h4-13H2,1-3H3. The van der Waals surface area contributed by atoms with Crippen LogP contribution >= 0.6 is 0 Å². The van der Waals surface area contributed by atoms with Crippen LogP contribution in [0.25, 0.3) is 0 Å². The number of hydrogen-bond acceptors (Lipinski definition) is 1. The van der Waals surface area contributed by atoms with Crippen LogP contribution in [-0.4, -0.2) is 24.0 Å². The van der Waals surface area contributed by atoms with Gasteiger partial charge in [-0.3, -0.25) is 0 Å². The van der Waals surface area contributed by atoms with E-state index in [-0.39, 0.29) is 0 Å². The Hall–Kier alpha value is -0.0400. The zero-order chi connectivity index (χ0) is 11.1. The maximum absolute atomic E-state index is 2.65. The first-order valence-electron chi connectivity index (χ1n) is 6.96. The van der Waals surface area contributed by atoms with Gasteiger partial charge >= 0.3 is 0 Å². The number of rotatable bonds is 2. The van der Waals surface area contributed by atoms with Gasteiger partial charge in [0.25, 0.3) is 0 Å². The molecule has 0 aromatic carbocycles. The highest BCUT2D eigenvalue weighted by Crippen LogP contribution is 2.30. The van der Waals surface area contributed by atoms with Crippen LogP contribution in [-0.2, 0) is 0 Å². The van der Waals surface area contributed by atoms with E-state index >= 15 is 0 Å². The Balaban J connectivity index is 2.60. The lowest BCUT2D eigenvalue weighted by Gasteiger charge is -2.42. The van der Waals surface area contributed by atoms with E-state index in [0.717, 1.165) is 0 Å². The van der Waals surface area contributed by atoms with Crippen molar-refractivity contribution >= 4 is 0 Å². The molecule has 0 unspecified atom stereocenters.